The van der Waals surface area contributed by atoms with Crippen LogP contribution in [0.3, 0.4) is 0 Å². The predicted octanol–water partition coefficient (Wildman–Crippen LogP) is 4.38. The van der Waals surface area contributed by atoms with Crippen LogP contribution in [0.1, 0.15) is 46.6 Å². The summed E-state index contributed by atoms with van der Waals surface area (Å²) >= 11 is 3.47. The van der Waals surface area contributed by atoms with Crippen molar-refractivity contribution in [3.8, 4) is 11.8 Å². The molecule has 4 rings (SSSR count). The lowest BCUT2D eigenvalue weighted by molar-refractivity contribution is 0.103. The van der Waals surface area contributed by atoms with Gasteiger partial charge in [-0.15, -0.1) is 0 Å². The van der Waals surface area contributed by atoms with Gasteiger partial charge in [-0.05, 0) is 45.8 Å². The maximum absolute atomic E-state index is 13.1. The Balaban J connectivity index is 2.13. The summed E-state index contributed by atoms with van der Waals surface area (Å²) in [7, 11) is 0. The lowest BCUT2D eigenvalue weighted by Crippen LogP contribution is -2.30. The molecule has 1 heterocycles. The molecule has 0 radical (unpaired) electrons. The van der Waals surface area contributed by atoms with Crippen molar-refractivity contribution < 1.29 is 9.90 Å². The van der Waals surface area contributed by atoms with Gasteiger partial charge in [0.2, 0.25) is 0 Å². The number of aromatic nitrogens is 1. The number of benzene rings is 2. The summed E-state index contributed by atoms with van der Waals surface area (Å²) < 4.78 is 0.660. The van der Waals surface area contributed by atoms with Gasteiger partial charge in [0.05, 0.1) is 21.1 Å². The molecule has 4 nitrogen and oxygen atoms in total. The number of carbonyl (C=O) groups excluding carboxylic acids is 1. The van der Waals surface area contributed by atoms with Gasteiger partial charge in [-0.1, -0.05) is 19.9 Å². The van der Waals surface area contributed by atoms with Gasteiger partial charge in [0.15, 0.2) is 5.78 Å². The van der Waals surface area contributed by atoms with Gasteiger partial charge in [-0.25, -0.2) is 0 Å². The largest absolute Gasteiger partial charge is 0.508 e. The van der Waals surface area contributed by atoms with Crippen molar-refractivity contribution in [3.63, 3.8) is 0 Å². The second kappa shape index (κ2) is 4.71. The highest BCUT2D eigenvalue weighted by atomic mass is 79.9. The van der Waals surface area contributed by atoms with E-state index in [0.29, 0.717) is 21.2 Å². The van der Waals surface area contributed by atoms with Crippen LogP contribution in [0.5, 0.6) is 5.75 Å². The number of rotatable bonds is 0. The normalized spacial score (nSPS) is 15.0. The minimum atomic E-state index is -0.470. The molecule has 118 valence electrons. The highest BCUT2D eigenvalue weighted by Gasteiger charge is 2.40. The van der Waals surface area contributed by atoms with E-state index in [-0.39, 0.29) is 11.5 Å². The first-order chi connectivity index (χ1) is 11.4. The molecule has 0 fully saturated rings. The van der Waals surface area contributed by atoms with Crippen LogP contribution in [0, 0.1) is 11.3 Å². The molecule has 2 N–H and O–H groups in total. The third-order valence-corrected chi connectivity index (χ3v) is 5.63. The van der Waals surface area contributed by atoms with Gasteiger partial charge >= 0.3 is 0 Å². The Bertz CT molecular complexity index is 1090. The molecule has 0 saturated carbocycles. The Hall–Kier alpha value is -2.58. The van der Waals surface area contributed by atoms with Crippen LogP contribution in [0.2, 0.25) is 0 Å². The van der Waals surface area contributed by atoms with E-state index in [0.717, 1.165) is 22.2 Å². The summed E-state index contributed by atoms with van der Waals surface area (Å²) in [5.41, 5.74) is 3.63. The molecule has 2 aromatic carbocycles. The molecule has 1 aromatic heterocycles. The van der Waals surface area contributed by atoms with Crippen LogP contribution >= 0.6 is 15.9 Å². The molecule has 0 aliphatic heterocycles. The average molecular weight is 381 g/mol. The lowest BCUT2D eigenvalue weighted by atomic mass is 9.71. The Morgan fingerprint density at radius 1 is 1.25 bits per heavy atom. The number of aromatic amines is 1. The monoisotopic (exact) mass is 380 g/mol. The summed E-state index contributed by atoms with van der Waals surface area (Å²) in [6, 6.07) is 10.5. The minimum absolute atomic E-state index is 0.0674. The van der Waals surface area contributed by atoms with Crippen molar-refractivity contribution in [2.45, 2.75) is 19.3 Å². The number of phenolic OH excluding ortho intramolecular Hbond substituents is 1. The number of aromatic hydroxyl groups is 1. The molecule has 24 heavy (non-hydrogen) atoms. The zero-order valence-electron chi connectivity index (χ0n) is 13.1. The minimum Gasteiger partial charge on any atom is -0.508 e. The van der Waals surface area contributed by atoms with Gasteiger partial charge < -0.3 is 10.1 Å². The number of nitrogens with one attached hydrogen (secondary N) is 1. The number of fused-ring (bicyclic) bond motifs is 4. The topological polar surface area (TPSA) is 76.9 Å². The fourth-order valence-corrected chi connectivity index (χ4v) is 4.07. The molecular formula is C19H13BrN2O2. The molecule has 0 atom stereocenters. The Kier molecular flexibility index (Phi) is 2.94. The summed E-state index contributed by atoms with van der Waals surface area (Å²) in [5.74, 6) is 0.0734. The third kappa shape index (κ3) is 1.75. The fourth-order valence-electron chi connectivity index (χ4n) is 3.54. The number of nitriles is 1. The van der Waals surface area contributed by atoms with Crippen LogP contribution in [0.25, 0.3) is 10.9 Å². The van der Waals surface area contributed by atoms with Crippen LogP contribution in [-0.2, 0) is 5.41 Å². The fraction of sp³-hybridized carbons (Fsp3) is 0.158. The van der Waals surface area contributed by atoms with Crippen LogP contribution in [-0.4, -0.2) is 15.9 Å². The van der Waals surface area contributed by atoms with Gasteiger partial charge in [0.1, 0.15) is 11.8 Å². The molecule has 5 heteroatoms. The van der Waals surface area contributed by atoms with Gasteiger partial charge in [-0.3, -0.25) is 4.79 Å². The first kappa shape index (κ1) is 15.0. The number of phenols is 1. The Morgan fingerprint density at radius 2 is 2.00 bits per heavy atom. The van der Waals surface area contributed by atoms with E-state index in [1.165, 1.54) is 6.07 Å². The van der Waals surface area contributed by atoms with E-state index < -0.39 is 5.41 Å². The molecule has 0 bridgehead atoms. The van der Waals surface area contributed by atoms with Gasteiger partial charge in [0.25, 0.3) is 0 Å². The van der Waals surface area contributed by atoms with Gasteiger partial charge in [0, 0.05) is 22.1 Å². The SMILES string of the molecule is CC1(C)c2cc(O)ccc2C(=O)c2c1[nH]c1c(Br)c(C#N)ccc21. The molecule has 0 saturated heterocycles. The van der Waals surface area contributed by atoms with E-state index in [4.69, 9.17) is 0 Å². The van der Waals surface area contributed by atoms with E-state index in [9.17, 15) is 15.2 Å². The average Bonchev–Trinajstić information content (AvgIpc) is 2.95. The first-order valence-corrected chi connectivity index (χ1v) is 8.28. The number of hydrogen-bond acceptors (Lipinski definition) is 3. The summed E-state index contributed by atoms with van der Waals surface area (Å²) in [5, 5.41) is 19.9. The molecule has 0 unspecified atom stereocenters. The second-order valence-corrected chi connectivity index (χ2v) is 7.31. The molecular weight excluding hydrogens is 368 g/mol. The summed E-state index contributed by atoms with van der Waals surface area (Å²) in [6.07, 6.45) is 0. The predicted molar refractivity (Wildman–Crippen MR) is 94.4 cm³/mol. The van der Waals surface area contributed by atoms with Crippen LogP contribution in [0.15, 0.2) is 34.8 Å². The molecule has 0 amide bonds. The zero-order chi connectivity index (χ0) is 17.2. The number of carbonyl (C=O) groups is 1. The van der Waals surface area contributed by atoms with Crippen molar-refractivity contribution >= 4 is 32.6 Å². The van der Waals surface area contributed by atoms with Crippen molar-refractivity contribution in [2.24, 2.45) is 0 Å². The quantitative estimate of drug-likeness (QED) is 0.607. The van der Waals surface area contributed by atoms with E-state index in [2.05, 4.69) is 27.0 Å². The van der Waals surface area contributed by atoms with Crippen LogP contribution in [0.4, 0.5) is 0 Å². The molecule has 1 aliphatic rings. The van der Waals surface area contributed by atoms with Crippen molar-refractivity contribution in [1.82, 2.24) is 4.98 Å². The maximum Gasteiger partial charge on any atom is 0.195 e. The van der Waals surface area contributed by atoms with Crippen LogP contribution < -0.4 is 0 Å². The zero-order valence-corrected chi connectivity index (χ0v) is 14.7. The third-order valence-electron chi connectivity index (χ3n) is 4.80. The number of ketones is 1. The van der Waals surface area contributed by atoms with Crippen molar-refractivity contribution in [1.29, 1.82) is 5.26 Å². The van der Waals surface area contributed by atoms with E-state index >= 15 is 0 Å². The van der Waals surface area contributed by atoms with E-state index in [1.54, 1.807) is 18.2 Å². The second-order valence-electron chi connectivity index (χ2n) is 6.52. The molecule has 3 aromatic rings. The Labute approximate surface area is 146 Å². The molecule has 0 spiro atoms. The maximum atomic E-state index is 13.1. The number of nitrogens with zero attached hydrogens (tertiary/aromatic N) is 1. The number of halogens is 1. The van der Waals surface area contributed by atoms with E-state index in [1.807, 2.05) is 19.9 Å². The lowest BCUT2D eigenvalue weighted by Gasteiger charge is -2.32. The highest BCUT2D eigenvalue weighted by molar-refractivity contribution is 9.10. The Morgan fingerprint density at radius 3 is 2.71 bits per heavy atom. The standard InChI is InChI=1S/C19H13BrN2O2/c1-19(2)13-7-10(23)4-6-11(13)17(24)14-12-5-3-9(8-21)15(20)16(12)22-18(14)19/h3-7,22-23H,1-2H3. The van der Waals surface area contributed by atoms with Crippen molar-refractivity contribution in [3.05, 3.63) is 62.8 Å². The number of hydrogen-bond donors (Lipinski definition) is 2. The molecule has 1 aliphatic carbocycles. The summed E-state index contributed by atoms with van der Waals surface area (Å²) in [6.45, 7) is 4.04. The first-order valence-electron chi connectivity index (χ1n) is 7.49. The highest BCUT2D eigenvalue weighted by Crippen LogP contribution is 2.45. The number of H-pyrrole nitrogens is 1. The smallest absolute Gasteiger partial charge is 0.195 e. The summed E-state index contributed by atoms with van der Waals surface area (Å²) in [4.78, 5) is 16.4. The van der Waals surface area contributed by atoms with Gasteiger partial charge in [-0.2, -0.15) is 5.26 Å². The van der Waals surface area contributed by atoms with Crippen molar-refractivity contribution in [2.75, 3.05) is 0 Å².